The van der Waals surface area contributed by atoms with Crippen molar-refractivity contribution in [3.05, 3.63) is 182 Å². The predicted molar refractivity (Wildman–Crippen MR) is 310 cm³/mol. The highest BCUT2D eigenvalue weighted by Crippen LogP contribution is 2.32. The van der Waals surface area contributed by atoms with Crippen molar-refractivity contribution in [1.82, 2.24) is 0 Å². The number of amides is 8. The van der Waals surface area contributed by atoms with Gasteiger partial charge in [0, 0.05) is 78.9 Å². The van der Waals surface area contributed by atoms with Crippen molar-refractivity contribution in [2.75, 3.05) is 31.1 Å². The topological polar surface area (TPSA) is 412 Å². The van der Waals surface area contributed by atoms with Gasteiger partial charge < -0.3 is 36.9 Å². The van der Waals surface area contributed by atoms with Gasteiger partial charge in [0.2, 0.25) is 11.8 Å². The minimum absolute atomic E-state index is 0.0231. The molecule has 4 heterocycles. The Bertz CT molecular complexity index is 4030. The third-order valence-corrected chi connectivity index (χ3v) is 13.5. The number of nitrogen functional groups attached to an aromatic ring is 1. The van der Waals surface area contributed by atoms with Crippen molar-refractivity contribution < 1.29 is 94.7 Å². The zero-order valence-electron chi connectivity index (χ0n) is 44.2. The number of halogens is 1. The molecule has 0 aliphatic carbocycles. The first-order chi connectivity index (χ1) is 41.1. The van der Waals surface area contributed by atoms with Gasteiger partial charge in [-0.2, -0.15) is 18.9 Å². The molecule has 9 rings (SSSR count). The van der Waals surface area contributed by atoms with Gasteiger partial charge in [0.05, 0.1) is 63.0 Å². The van der Waals surface area contributed by atoms with Gasteiger partial charge >= 0.3 is 30.1 Å². The minimum Gasteiger partial charge on any atom is -0.508 e. The summed E-state index contributed by atoms with van der Waals surface area (Å²) in [6.45, 7) is 1.89. The Morgan fingerprint density at radius 2 is 0.885 bits per heavy atom. The number of phenolic OH excluding ortho intramolecular Hbond substituents is 2. The van der Waals surface area contributed by atoms with E-state index in [1.807, 2.05) is 6.92 Å². The SMILES string of the molecule is CCSC1CC(=O)N(c2cccc(OS(=O)(=O)O/C=C/C#N)c2)C1=O.N#C/C=C/OS(=O)(=O)Oc1cccc(N2C(=O)C=CC2=O)c1.Nc1cccc(O)c1.O=C1C=CC(=O)N1c1cccc(O)c1.O=C1C=CC(=O)N1c1cccc(OS(=O)(=O)Cl)c1. The molecule has 5 aromatic rings. The predicted octanol–water partition coefficient (Wildman–Crippen LogP) is 5.32. The van der Waals surface area contributed by atoms with Crippen molar-refractivity contribution in [1.29, 1.82) is 10.5 Å². The Labute approximate surface area is 503 Å². The summed E-state index contributed by atoms with van der Waals surface area (Å²) in [5.41, 5.74) is 6.84. The van der Waals surface area contributed by atoms with E-state index in [1.165, 1.54) is 115 Å². The summed E-state index contributed by atoms with van der Waals surface area (Å²) in [6, 6.07) is 32.0. The molecule has 33 heteroatoms. The van der Waals surface area contributed by atoms with Gasteiger partial charge in [-0.15, -0.1) is 28.6 Å². The molecular weight excluding hydrogens is 1250 g/mol. The maximum atomic E-state index is 12.3. The van der Waals surface area contributed by atoms with E-state index in [0.717, 1.165) is 56.1 Å². The Balaban J connectivity index is 0.000000206. The standard InChI is InChI=1S/C15H14N2O6S2.C13H8N2O6S.C10H6ClNO5S.C10H7NO3.C6H7NO/c1-2-24-13-10-14(18)17(15(13)19)11-5-3-6-12(9-11)23-25(20,21)22-8-4-7-16;14-7-2-8-20-22(18,19)21-11-4-1-3-10(9-11)15-12(16)5-6-13(15)17;11-18(15,16)17-8-3-1-2-7(6-8)12-9(13)4-5-10(12)14;12-8-3-1-2-7(6-8)11-9(13)4-5-10(11)14;7-5-2-1-3-6(8)4-5/h3-6,8-9,13H,2,10H2,1H3;1-6,8-9H;1-6H;1-6,12H;1-4,8H,7H2/b8-4+;8-2+;;;. The first-order valence-corrected chi connectivity index (χ1v) is 29.9. The fourth-order valence-corrected chi connectivity index (χ4v) is 9.60. The van der Waals surface area contributed by atoms with E-state index in [2.05, 4.69) is 16.7 Å². The second-order valence-electron chi connectivity index (χ2n) is 16.4. The molecule has 28 nitrogen and oxygen atoms in total. The lowest BCUT2D eigenvalue weighted by molar-refractivity contribution is -0.122. The maximum absolute atomic E-state index is 12.3. The number of phenols is 2. The number of nitriles is 2. The van der Waals surface area contributed by atoms with Crippen LogP contribution in [0.3, 0.4) is 0 Å². The number of thioether (sulfide) groups is 1. The summed E-state index contributed by atoms with van der Waals surface area (Å²) < 4.78 is 90.1. The second kappa shape index (κ2) is 30.7. The number of hydrogen-bond acceptors (Lipinski definition) is 25. The molecule has 0 aromatic heterocycles. The van der Waals surface area contributed by atoms with E-state index in [9.17, 15) is 68.7 Å². The number of nitrogens with zero attached hydrogens (tertiary/aromatic N) is 6. The fraction of sp³-hybridized carbons (Fsp3) is 0.0741. The van der Waals surface area contributed by atoms with Crippen LogP contribution in [0.15, 0.2) is 182 Å². The molecule has 1 atom stereocenters. The maximum Gasteiger partial charge on any atom is 0.500 e. The molecule has 4 aliphatic heterocycles. The molecule has 8 amide bonds. The Morgan fingerprint density at radius 1 is 0.540 bits per heavy atom. The molecule has 4 N–H and O–H groups in total. The van der Waals surface area contributed by atoms with Crippen LogP contribution in [0.4, 0.5) is 28.4 Å². The molecule has 1 saturated heterocycles. The molecule has 0 saturated carbocycles. The summed E-state index contributed by atoms with van der Waals surface area (Å²) in [7, 11) is -8.09. The van der Waals surface area contributed by atoms with Crippen LogP contribution in [-0.2, 0) is 76.9 Å². The fourth-order valence-electron chi connectivity index (χ4n) is 6.99. The molecule has 0 spiro atoms. The molecule has 0 bridgehead atoms. The number of carbonyl (C=O) groups excluding carboxylic acids is 8. The zero-order valence-corrected chi connectivity index (χ0v) is 48.3. The number of hydrogen-bond donors (Lipinski definition) is 3. The van der Waals surface area contributed by atoms with E-state index in [1.54, 1.807) is 42.5 Å². The minimum atomic E-state index is -4.42. The van der Waals surface area contributed by atoms with E-state index < -0.39 is 59.0 Å². The summed E-state index contributed by atoms with van der Waals surface area (Å²) in [5, 5.41) is 34.0. The van der Waals surface area contributed by atoms with Crippen LogP contribution in [0.1, 0.15) is 13.3 Å². The summed E-state index contributed by atoms with van der Waals surface area (Å²) in [4.78, 5) is 96.6. The Hall–Kier alpha value is -10.8. The van der Waals surface area contributed by atoms with Gasteiger partial charge in [-0.25, -0.2) is 19.6 Å². The molecule has 1 unspecified atom stereocenters. The number of carbonyl (C=O) groups is 8. The second-order valence-corrected chi connectivity index (χ2v) is 22.3. The van der Waals surface area contributed by atoms with Crippen molar-refractivity contribution in [2.45, 2.75) is 18.6 Å². The molecule has 1 fully saturated rings. The number of aromatic hydroxyl groups is 2. The van der Waals surface area contributed by atoms with Gasteiger partial charge in [0.15, 0.2) is 0 Å². The van der Waals surface area contributed by atoms with Gasteiger partial charge in [-0.1, -0.05) is 37.3 Å². The van der Waals surface area contributed by atoms with E-state index in [0.29, 0.717) is 29.7 Å². The highest BCUT2D eigenvalue weighted by molar-refractivity contribution is 8.10. The van der Waals surface area contributed by atoms with Crippen LogP contribution < -0.4 is 37.9 Å². The van der Waals surface area contributed by atoms with Crippen molar-refractivity contribution in [3.63, 3.8) is 0 Å². The van der Waals surface area contributed by atoms with Gasteiger partial charge in [-0.3, -0.25) is 38.4 Å². The van der Waals surface area contributed by atoms with Crippen LogP contribution in [0.25, 0.3) is 0 Å². The monoisotopic (exact) mass is 1290 g/mol. The average Bonchev–Trinajstić information content (AvgIpc) is 1.95. The van der Waals surface area contributed by atoms with Gasteiger partial charge in [-0.05, 0) is 66.4 Å². The third kappa shape index (κ3) is 20.5. The number of benzene rings is 5. The highest BCUT2D eigenvalue weighted by Gasteiger charge is 2.40. The highest BCUT2D eigenvalue weighted by atomic mass is 35.7. The van der Waals surface area contributed by atoms with E-state index >= 15 is 0 Å². The van der Waals surface area contributed by atoms with Gasteiger partial charge in [0.1, 0.15) is 41.3 Å². The Morgan fingerprint density at radius 3 is 1.22 bits per heavy atom. The van der Waals surface area contributed by atoms with Crippen LogP contribution in [0, 0.1) is 22.7 Å². The molecule has 0 radical (unpaired) electrons. The molecule has 4 aliphatic rings. The summed E-state index contributed by atoms with van der Waals surface area (Å²) in [6.07, 6.45) is 9.89. The summed E-state index contributed by atoms with van der Waals surface area (Å²) in [5.74, 6) is -3.02. The number of nitrogens with two attached hydrogens (primary N) is 1. The number of imide groups is 4. The normalized spacial score (nSPS) is 15.2. The smallest absolute Gasteiger partial charge is 0.500 e. The zero-order chi connectivity index (χ0) is 64.1. The largest absolute Gasteiger partial charge is 0.508 e. The van der Waals surface area contributed by atoms with Crippen LogP contribution >= 0.6 is 22.4 Å². The lowest BCUT2D eigenvalue weighted by Crippen LogP contribution is -2.31. The quantitative estimate of drug-likeness (QED) is 0.0370. The lowest BCUT2D eigenvalue weighted by Gasteiger charge is -2.15. The Kier molecular flexibility index (Phi) is 23.6. The van der Waals surface area contributed by atoms with Crippen LogP contribution in [0.2, 0.25) is 0 Å². The van der Waals surface area contributed by atoms with E-state index in [-0.39, 0.29) is 75.9 Å². The van der Waals surface area contributed by atoms with E-state index in [4.69, 9.17) is 36.2 Å². The molecular formula is C54H42ClN7O21S4. The number of anilines is 5. The third-order valence-electron chi connectivity index (χ3n) is 10.3. The molecule has 87 heavy (non-hydrogen) atoms. The number of rotatable bonds is 16. The van der Waals surface area contributed by atoms with Gasteiger partial charge in [0.25, 0.3) is 35.4 Å². The molecule has 5 aromatic carbocycles. The van der Waals surface area contributed by atoms with Crippen LogP contribution in [0.5, 0.6) is 28.7 Å². The molecule has 450 valence electrons. The number of allylic oxidation sites excluding steroid dienone is 2. The average molecular weight is 1290 g/mol. The lowest BCUT2D eigenvalue weighted by atomic mass is 10.3. The van der Waals surface area contributed by atoms with Crippen LogP contribution in [-0.4, -0.2) is 93.7 Å². The first-order valence-electron chi connectivity index (χ1n) is 23.9. The van der Waals surface area contributed by atoms with Crippen molar-refractivity contribution in [3.8, 4) is 40.9 Å². The van der Waals surface area contributed by atoms with Crippen molar-refractivity contribution >= 4 is 128 Å². The first kappa shape index (κ1) is 67.0. The van der Waals surface area contributed by atoms with Crippen molar-refractivity contribution in [2.24, 2.45) is 0 Å². The summed E-state index contributed by atoms with van der Waals surface area (Å²) >= 11 is 1.38.